The zero-order chi connectivity index (χ0) is 19.6. The summed E-state index contributed by atoms with van der Waals surface area (Å²) in [5.74, 6) is -0.0451. The van der Waals surface area contributed by atoms with Gasteiger partial charge in [0.1, 0.15) is 5.69 Å². The Morgan fingerprint density at radius 1 is 1.30 bits per heavy atom. The molecule has 144 valence electrons. The van der Waals surface area contributed by atoms with Gasteiger partial charge in [-0.05, 0) is 49.1 Å². The third-order valence-electron chi connectivity index (χ3n) is 4.54. The van der Waals surface area contributed by atoms with Gasteiger partial charge in [0.2, 0.25) is 0 Å². The Morgan fingerprint density at radius 3 is 2.78 bits per heavy atom. The van der Waals surface area contributed by atoms with Crippen LogP contribution < -0.4 is 10.2 Å². The summed E-state index contributed by atoms with van der Waals surface area (Å²) in [6.07, 6.45) is -0.752. The molecule has 1 amide bonds. The number of nitrogens with zero attached hydrogens (tertiary/aromatic N) is 2. The number of rotatable bonds is 3. The van der Waals surface area contributed by atoms with E-state index >= 15 is 0 Å². The number of nitrogens with one attached hydrogen (secondary N) is 1. The Hall–Kier alpha value is -2.28. The molecule has 1 aliphatic heterocycles. The molecule has 0 aliphatic carbocycles. The summed E-state index contributed by atoms with van der Waals surface area (Å²) in [4.78, 5) is 18.7. The Morgan fingerprint density at radius 2 is 2.07 bits per heavy atom. The van der Waals surface area contributed by atoms with Gasteiger partial charge in [0.25, 0.3) is 5.91 Å². The van der Waals surface area contributed by atoms with E-state index in [0.717, 1.165) is 43.4 Å². The van der Waals surface area contributed by atoms with Crippen molar-refractivity contribution in [1.82, 2.24) is 4.98 Å². The predicted octanol–water partition coefficient (Wildman–Crippen LogP) is 5.24. The van der Waals surface area contributed by atoms with Gasteiger partial charge in [-0.3, -0.25) is 9.78 Å². The smallest absolute Gasteiger partial charge is 0.371 e. The third kappa shape index (κ3) is 4.71. The number of hydrogen-bond donors (Lipinski definition) is 1. The van der Waals surface area contributed by atoms with E-state index in [1.165, 1.54) is 12.6 Å². The second kappa shape index (κ2) is 7.76. The van der Waals surface area contributed by atoms with Crippen LogP contribution in [0.1, 0.15) is 35.8 Å². The molecule has 0 radical (unpaired) electrons. The lowest BCUT2D eigenvalue weighted by Gasteiger charge is -2.32. The highest BCUT2D eigenvalue weighted by atomic mass is 35.5. The van der Waals surface area contributed by atoms with Crippen LogP contribution in [-0.2, 0) is 6.18 Å². The molecule has 1 aromatic heterocycles. The van der Waals surface area contributed by atoms with Crippen molar-refractivity contribution in [3.63, 3.8) is 0 Å². The van der Waals surface area contributed by atoms with Crippen LogP contribution >= 0.6 is 11.6 Å². The minimum absolute atomic E-state index is 0.0253. The number of alkyl halides is 3. The van der Waals surface area contributed by atoms with Crippen molar-refractivity contribution in [3.05, 3.63) is 52.8 Å². The van der Waals surface area contributed by atoms with E-state index < -0.39 is 17.6 Å². The van der Waals surface area contributed by atoms with Crippen molar-refractivity contribution in [2.45, 2.75) is 25.9 Å². The van der Waals surface area contributed by atoms with Crippen LogP contribution in [0.5, 0.6) is 0 Å². The van der Waals surface area contributed by atoms with Gasteiger partial charge in [-0.1, -0.05) is 18.5 Å². The highest BCUT2D eigenvalue weighted by Crippen LogP contribution is 2.34. The van der Waals surface area contributed by atoms with E-state index in [0.29, 0.717) is 5.92 Å². The Balaban J connectivity index is 1.80. The molecule has 1 N–H and O–H groups in total. The van der Waals surface area contributed by atoms with Gasteiger partial charge in [-0.15, -0.1) is 0 Å². The summed E-state index contributed by atoms with van der Waals surface area (Å²) in [6, 6.07) is 6.27. The molecule has 3 rings (SSSR count). The second-order valence-corrected chi connectivity index (χ2v) is 7.15. The topological polar surface area (TPSA) is 45.2 Å². The van der Waals surface area contributed by atoms with Gasteiger partial charge in [-0.25, -0.2) is 0 Å². The second-order valence-electron chi connectivity index (χ2n) is 6.74. The lowest BCUT2D eigenvalue weighted by Crippen LogP contribution is -2.34. The fourth-order valence-electron chi connectivity index (χ4n) is 3.15. The minimum atomic E-state index is -4.52. The molecule has 0 bridgehead atoms. The van der Waals surface area contributed by atoms with E-state index in [9.17, 15) is 18.0 Å². The summed E-state index contributed by atoms with van der Waals surface area (Å²) >= 11 is 5.94. The zero-order valence-electron chi connectivity index (χ0n) is 14.7. The highest BCUT2D eigenvalue weighted by molar-refractivity contribution is 6.33. The van der Waals surface area contributed by atoms with Crippen LogP contribution in [0.3, 0.4) is 0 Å². The van der Waals surface area contributed by atoms with Gasteiger partial charge < -0.3 is 10.2 Å². The normalized spacial score (nSPS) is 17.7. The van der Waals surface area contributed by atoms with Crippen LogP contribution in [-0.4, -0.2) is 24.0 Å². The maximum Gasteiger partial charge on any atom is 0.416 e. The van der Waals surface area contributed by atoms with Crippen molar-refractivity contribution >= 4 is 28.9 Å². The highest BCUT2D eigenvalue weighted by Gasteiger charge is 2.31. The van der Waals surface area contributed by atoms with Crippen LogP contribution in [0.25, 0.3) is 0 Å². The SMILES string of the molecule is CC1CCCN(c2ccnc(C(=O)Nc3cc(C(F)(F)F)ccc3Cl)c2)C1. The average molecular weight is 398 g/mol. The molecule has 1 atom stereocenters. The number of benzene rings is 1. The summed E-state index contributed by atoms with van der Waals surface area (Å²) in [6.45, 7) is 3.97. The maximum absolute atomic E-state index is 12.9. The molecule has 1 aliphatic rings. The summed E-state index contributed by atoms with van der Waals surface area (Å²) in [7, 11) is 0. The molecule has 1 fully saturated rings. The molecular formula is C19H19ClF3N3O. The maximum atomic E-state index is 12.9. The predicted molar refractivity (Wildman–Crippen MR) is 99.3 cm³/mol. The number of halogens is 4. The minimum Gasteiger partial charge on any atom is -0.371 e. The number of hydrogen-bond acceptors (Lipinski definition) is 3. The average Bonchev–Trinajstić information content (AvgIpc) is 2.62. The first-order valence-corrected chi connectivity index (χ1v) is 9.01. The summed E-state index contributed by atoms with van der Waals surface area (Å²) in [5.41, 5.74) is 0.0116. The van der Waals surface area contributed by atoms with Gasteiger partial charge in [-0.2, -0.15) is 13.2 Å². The first-order valence-electron chi connectivity index (χ1n) is 8.63. The standard InChI is InChI=1S/C19H19ClF3N3O/c1-12-3-2-8-26(11-12)14-6-7-24-17(10-14)18(27)25-16-9-13(19(21,22)23)4-5-15(16)20/h4-7,9-10,12H,2-3,8,11H2,1H3,(H,25,27). The van der Waals surface area contributed by atoms with Gasteiger partial charge in [0, 0.05) is 25.0 Å². The van der Waals surface area contributed by atoms with E-state index in [2.05, 4.69) is 22.1 Å². The van der Waals surface area contributed by atoms with Crippen LogP contribution in [0.2, 0.25) is 5.02 Å². The monoisotopic (exact) mass is 397 g/mol. The quantitative estimate of drug-likeness (QED) is 0.770. The number of pyridine rings is 1. The first kappa shape index (κ1) is 19.5. The lowest BCUT2D eigenvalue weighted by molar-refractivity contribution is -0.137. The molecule has 1 saturated heterocycles. The number of amides is 1. The van der Waals surface area contributed by atoms with Crippen molar-refractivity contribution in [2.24, 2.45) is 5.92 Å². The van der Waals surface area contributed by atoms with Crippen molar-refractivity contribution in [2.75, 3.05) is 23.3 Å². The van der Waals surface area contributed by atoms with Crippen molar-refractivity contribution in [3.8, 4) is 0 Å². The molecule has 2 aromatic rings. The number of carbonyl (C=O) groups excluding carboxylic acids is 1. The number of anilines is 2. The molecule has 2 heterocycles. The largest absolute Gasteiger partial charge is 0.416 e. The molecule has 1 aromatic carbocycles. The Kier molecular flexibility index (Phi) is 5.60. The van der Waals surface area contributed by atoms with E-state index in [-0.39, 0.29) is 16.4 Å². The molecular weight excluding hydrogens is 379 g/mol. The van der Waals surface area contributed by atoms with Crippen molar-refractivity contribution < 1.29 is 18.0 Å². The summed E-state index contributed by atoms with van der Waals surface area (Å²) < 4.78 is 38.6. The number of piperidine rings is 1. The summed E-state index contributed by atoms with van der Waals surface area (Å²) in [5, 5.41) is 2.45. The van der Waals surface area contributed by atoms with Gasteiger partial charge in [0.05, 0.1) is 16.3 Å². The lowest BCUT2D eigenvalue weighted by atomic mass is 10.00. The van der Waals surface area contributed by atoms with Crippen LogP contribution in [0.15, 0.2) is 36.5 Å². The number of aromatic nitrogens is 1. The van der Waals surface area contributed by atoms with Gasteiger partial charge >= 0.3 is 6.18 Å². The van der Waals surface area contributed by atoms with E-state index in [4.69, 9.17) is 11.6 Å². The molecule has 1 unspecified atom stereocenters. The zero-order valence-corrected chi connectivity index (χ0v) is 15.4. The molecule has 8 heteroatoms. The van der Waals surface area contributed by atoms with Crippen LogP contribution in [0.4, 0.5) is 24.5 Å². The Bertz CT molecular complexity index is 841. The fraction of sp³-hybridized carbons (Fsp3) is 0.368. The third-order valence-corrected chi connectivity index (χ3v) is 4.87. The number of carbonyl (C=O) groups is 1. The fourth-order valence-corrected chi connectivity index (χ4v) is 3.31. The Labute approximate surface area is 160 Å². The van der Waals surface area contributed by atoms with Crippen molar-refractivity contribution in [1.29, 1.82) is 0 Å². The van der Waals surface area contributed by atoms with Gasteiger partial charge in [0.15, 0.2) is 0 Å². The molecule has 27 heavy (non-hydrogen) atoms. The first-order chi connectivity index (χ1) is 12.7. The van der Waals surface area contributed by atoms with E-state index in [1.807, 2.05) is 6.07 Å². The molecule has 0 spiro atoms. The molecule has 0 saturated carbocycles. The molecule has 4 nitrogen and oxygen atoms in total. The van der Waals surface area contributed by atoms with E-state index in [1.54, 1.807) is 6.07 Å². The van der Waals surface area contributed by atoms with Crippen LogP contribution in [0, 0.1) is 5.92 Å².